The summed E-state index contributed by atoms with van der Waals surface area (Å²) in [6, 6.07) is 10.7. The summed E-state index contributed by atoms with van der Waals surface area (Å²) in [6.45, 7) is 3.07. The van der Waals surface area contributed by atoms with Crippen molar-refractivity contribution in [2.24, 2.45) is 7.05 Å². The van der Waals surface area contributed by atoms with Crippen molar-refractivity contribution >= 4 is 15.9 Å². The lowest BCUT2D eigenvalue weighted by Crippen LogP contribution is -2.25. The number of halogens is 1. The van der Waals surface area contributed by atoms with Crippen molar-refractivity contribution in [2.75, 3.05) is 6.54 Å². The zero-order valence-electron chi connectivity index (χ0n) is 10.7. The largest absolute Gasteiger partial charge is 0.309 e. The zero-order valence-corrected chi connectivity index (χ0v) is 12.3. The Hall–Kier alpha value is -1.13. The fourth-order valence-electron chi connectivity index (χ4n) is 2.14. The van der Waals surface area contributed by atoms with E-state index in [0.29, 0.717) is 6.04 Å². The average Bonchev–Trinajstić information content (AvgIpc) is 2.78. The maximum absolute atomic E-state index is 4.25. The number of nitrogens with zero attached hydrogens (tertiary/aromatic N) is 2. The quantitative estimate of drug-likeness (QED) is 0.920. The number of aromatic nitrogens is 2. The lowest BCUT2D eigenvalue weighted by Gasteiger charge is -2.19. The van der Waals surface area contributed by atoms with E-state index in [9.17, 15) is 0 Å². The van der Waals surface area contributed by atoms with Crippen molar-refractivity contribution in [2.45, 2.75) is 19.4 Å². The number of aryl methyl sites for hydroxylation is 1. The van der Waals surface area contributed by atoms with Crippen LogP contribution in [0.4, 0.5) is 0 Å². The van der Waals surface area contributed by atoms with Crippen LogP contribution >= 0.6 is 15.9 Å². The first-order chi connectivity index (χ1) is 8.72. The maximum atomic E-state index is 4.25. The van der Waals surface area contributed by atoms with Crippen molar-refractivity contribution in [3.05, 3.63) is 52.3 Å². The molecule has 0 spiro atoms. The molecule has 0 aliphatic heterocycles. The highest BCUT2D eigenvalue weighted by Crippen LogP contribution is 2.23. The van der Waals surface area contributed by atoms with Gasteiger partial charge in [-0.1, -0.05) is 41.1 Å². The Morgan fingerprint density at radius 2 is 2.11 bits per heavy atom. The van der Waals surface area contributed by atoms with E-state index in [0.717, 1.165) is 17.4 Å². The summed E-state index contributed by atoms with van der Waals surface area (Å²) in [4.78, 5) is 0. The molecule has 0 fully saturated rings. The molecule has 4 heteroatoms. The van der Waals surface area contributed by atoms with Gasteiger partial charge in [0, 0.05) is 17.7 Å². The standard InChI is InChI=1S/C14H18BrN3/c1-3-16-13(14-8-9-17-18(14)2)10-11-6-4-5-7-12(11)15/h4-9,13,16H,3,10H2,1-2H3. The molecule has 1 aromatic carbocycles. The Kier molecular flexibility index (Phi) is 4.55. The Morgan fingerprint density at radius 3 is 2.72 bits per heavy atom. The van der Waals surface area contributed by atoms with Crippen LogP contribution in [0.15, 0.2) is 41.0 Å². The summed E-state index contributed by atoms with van der Waals surface area (Å²) in [5.41, 5.74) is 2.53. The molecule has 1 heterocycles. The van der Waals surface area contributed by atoms with Crippen molar-refractivity contribution in [1.29, 1.82) is 0 Å². The fourth-order valence-corrected chi connectivity index (χ4v) is 2.58. The van der Waals surface area contributed by atoms with Crippen LogP contribution in [0.2, 0.25) is 0 Å². The van der Waals surface area contributed by atoms with Gasteiger partial charge in [-0.15, -0.1) is 0 Å². The average molecular weight is 308 g/mol. The second kappa shape index (κ2) is 6.16. The first-order valence-corrected chi connectivity index (χ1v) is 6.96. The van der Waals surface area contributed by atoms with Gasteiger partial charge in [0.25, 0.3) is 0 Å². The minimum atomic E-state index is 0.293. The van der Waals surface area contributed by atoms with E-state index in [4.69, 9.17) is 0 Å². The molecule has 3 nitrogen and oxygen atoms in total. The molecule has 1 aromatic heterocycles. The Morgan fingerprint density at radius 1 is 1.33 bits per heavy atom. The third-order valence-electron chi connectivity index (χ3n) is 3.05. The molecule has 0 saturated heterocycles. The SMILES string of the molecule is CCNC(Cc1ccccc1Br)c1ccnn1C. The molecular weight excluding hydrogens is 290 g/mol. The monoisotopic (exact) mass is 307 g/mol. The first kappa shape index (κ1) is 13.3. The van der Waals surface area contributed by atoms with E-state index in [1.54, 1.807) is 0 Å². The summed E-state index contributed by atoms with van der Waals surface area (Å²) in [5, 5.41) is 7.77. The number of rotatable bonds is 5. The topological polar surface area (TPSA) is 29.9 Å². The lowest BCUT2D eigenvalue weighted by molar-refractivity contribution is 0.507. The van der Waals surface area contributed by atoms with E-state index >= 15 is 0 Å². The second-order valence-corrected chi connectivity index (χ2v) is 5.14. The molecule has 0 saturated carbocycles. The number of nitrogens with one attached hydrogen (secondary N) is 1. The van der Waals surface area contributed by atoms with Crippen LogP contribution in [0.1, 0.15) is 24.2 Å². The molecule has 0 amide bonds. The van der Waals surface area contributed by atoms with Crippen molar-refractivity contribution in [3.63, 3.8) is 0 Å². The van der Waals surface area contributed by atoms with E-state index in [1.165, 1.54) is 11.3 Å². The zero-order chi connectivity index (χ0) is 13.0. The van der Waals surface area contributed by atoms with Crippen LogP contribution in [0.25, 0.3) is 0 Å². The number of benzene rings is 1. The molecule has 1 N–H and O–H groups in total. The third kappa shape index (κ3) is 3.00. The highest BCUT2D eigenvalue weighted by Gasteiger charge is 2.15. The summed E-state index contributed by atoms with van der Waals surface area (Å²) in [6.07, 6.45) is 2.80. The van der Waals surface area contributed by atoms with Crippen molar-refractivity contribution < 1.29 is 0 Å². The molecule has 2 aromatic rings. The van der Waals surface area contributed by atoms with Gasteiger partial charge < -0.3 is 5.32 Å². The number of likely N-dealkylation sites (N-methyl/N-ethyl adjacent to an activating group) is 1. The second-order valence-electron chi connectivity index (χ2n) is 4.29. The van der Waals surface area contributed by atoms with Crippen molar-refractivity contribution in [1.82, 2.24) is 15.1 Å². The Balaban J connectivity index is 2.22. The van der Waals surface area contributed by atoms with Gasteiger partial charge >= 0.3 is 0 Å². The molecule has 1 atom stereocenters. The molecule has 1 unspecified atom stereocenters. The number of hydrogen-bond acceptors (Lipinski definition) is 2. The molecule has 0 aliphatic carbocycles. The molecule has 0 aliphatic rings. The number of hydrogen-bond donors (Lipinski definition) is 1. The minimum Gasteiger partial charge on any atom is -0.309 e. The molecular formula is C14H18BrN3. The Labute approximate surface area is 116 Å². The van der Waals surface area contributed by atoms with Gasteiger partial charge in [-0.2, -0.15) is 5.10 Å². The van der Waals surface area contributed by atoms with Crippen LogP contribution < -0.4 is 5.32 Å². The molecule has 2 rings (SSSR count). The summed E-state index contributed by atoms with van der Waals surface area (Å²) >= 11 is 3.61. The predicted octanol–water partition coefficient (Wildman–Crippen LogP) is 3.08. The van der Waals surface area contributed by atoms with Gasteiger partial charge in [0.1, 0.15) is 0 Å². The van der Waals surface area contributed by atoms with E-state index in [2.05, 4.69) is 57.5 Å². The molecule has 0 bridgehead atoms. The highest BCUT2D eigenvalue weighted by molar-refractivity contribution is 9.10. The lowest BCUT2D eigenvalue weighted by atomic mass is 10.0. The maximum Gasteiger partial charge on any atom is 0.0553 e. The summed E-state index contributed by atoms with van der Waals surface area (Å²) in [7, 11) is 1.99. The highest BCUT2D eigenvalue weighted by atomic mass is 79.9. The normalized spacial score (nSPS) is 12.6. The van der Waals surface area contributed by atoms with Gasteiger partial charge in [0.15, 0.2) is 0 Å². The summed E-state index contributed by atoms with van der Waals surface area (Å²) in [5.74, 6) is 0. The van der Waals surface area contributed by atoms with Gasteiger partial charge in [-0.3, -0.25) is 4.68 Å². The van der Waals surface area contributed by atoms with Crippen LogP contribution in [-0.4, -0.2) is 16.3 Å². The minimum absolute atomic E-state index is 0.293. The van der Waals surface area contributed by atoms with E-state index in [-0.39, 0.29) is 0 Å². The molecule has 18 heavy (non-hydrogen) atoms. The van der Waals surface area contributed by atoms with E-state index < -0.39 is 0 Å². The first-order valence-electron chi connectivity index (χ1n) is 6.17. The molecule has 0 radical (unpaired) electrons. The third-order valence-corrected chi connectivity index (χ3v) is 3.82. The fraction of sp³-hybridized carbons (Fsp3) is 0.357. The van der Waals surface area contributed by atoms with Crippen LogP contribution in [0.3, 0.4) is 0 Å². The Bertz CT molecular complexity index is 507. The predicted molar refractivity (Wildman–Crippen MR) is 77.5 cm³/mol. The van der Waals surface area contributed by atoms with Gasteiger partial charge in [0.05, 0.1) is 11.7 Å². The van der Waals surface area contributed by atoms with E-state index in [1.807, 2.05) is 24.0 Å². The van der Waals surface area contributed by atoms with Crippen LogP contribution in [-0.2, 0) is 13.5 Å². The van der Waals surface area contributed by atoms with Gasteiger partial charge in [-0.05, 0) is 30.7 Å². The van der Waals surface area contributed by atoms with Gasteiger partial charge in [-0.25, -0.2) is 0 Å². The van der Waals surface area contributed by atoms with Crippen LogP contribution in [0.5, 0.6) is 0 Å². The van der Waals surface area contributed by atoms with Crippen LogP contribution in [0, 0.1) is 0 Å². The molecule has 96 valence electrons. The van der Waals surface area contributed by atoms with Crippen molar-refractivity contribution in [3.8, 4) is 0 Å². The van der Waals surface area contributed by atoms with Gasteiger partial charge in [0.2, 0.25) is 0 Å². The summed E-state index contributed by atoms with van der Waals surface area (Å²) < 4.78 is 3.10. The smallest absolute Gasteiger partial charge is 0.0553 e.